The maximum Gasteiger partial charge on any atom is 0.296 e. The van der Waals surface area contributed by atoms with Gasteiger partial charge in [-0.25, -0.2) is 0 Å². The second-order valence-corrected chi connectivity index (χ2v) is 5.87. The van der Waals surface area contributed by atoms with Crippen LogP contribution in [0, 0.1) is 10.1 Å². The van der Waals surface area contributed by atoms with E-state index in [1.807, 2.05) is 0 Å². The van der Waals surface area contributed by atoms with Crippen molar-refractivity contribution in [3.63, 3.8) is 0 Å². The number of nitrogens with zero attached hydrogens (tertiary/aromatic N) is 1. The molecule has 1 aliphatic rings. The summed E-state index contributed by atoms with van der Waals surface area (Å²) in [6.45, 7) is 0. The number of carbonyl (C=O) groups is 2. The Kier molecular flexibility index (Phi) is 4.83. The molecule has 0 spiro atoms. The summed E-state index contributed by atoms with van der Waals surface area (Å²) in [7, 11) is 1.41. The van der Waals surface area contributed by atoms with Crippen molar-refractivity contribution in [2.75, 3.05) is 17.7 Å². The van der Waals surface area contributed by atoms with Gasteiger partial charge in [-0.15, -0.1) is 0 Å². The lowest BCUT2D eigenvalue weighted by Crippen LogP contribution is -2.14. The van der Waals surface area contributed by atoms with Crippen molar-refractivity contribution in [1.29, 1.82) is 0 Å². The Labute approximate surface area is 149 Å². The molecule has 3 rings (SSSR count). The Hall–Kier alpha value is -3.42. The molecule has 2 aromatic rings. The Morgan fingerprint density at radius 1 is 1.23 bits per heavy atom. The number of rotatable bonds is 4. The first-order chi connectivity index (χ1) is 12.5. The van der Waals surface area contributed by atoms with E-state index in [1.165, 1.54) is 25.3 Å². The van der Waals surface area contributed by atoms with E-state index in [1.54, 1.807) is 18.2 Å². The Balaban J connectivity index is 1.86. The lowest BCUT2D eigenvalue weighted by molar-refractivity contribution is -0.384. The standard InChI is InChI=1S/C18H17N3O5/c1-26-13-6-8-15(16(10-13)21(24)25)20-18(23)12-5-7-14-11(9-12)3-2-4-17(22)19-14/h5-10H,2-4H2,1H3,(H,19,22)(H,20,23). The van der Waals surface area contributed by atoms with Crippen molar-refractivity contribution in [1.82, 2.24) is 0 Å². The van der Waals surface area contributed by atoms with Crippen LogP contribution in [0.5, 0.6) is 5.75 Å². The molecule has 134 valence electrons. The summed E-state index contributed by atoms with van der Waals surface area (Å²) in [6.07, 6.45) is 1.82. The van der Waals surface area contributed by atoms with Gasteiger partial charge in [-0.05, 0) is 48.7 Å². The lowest BCUT2D eigenvalue weighted by Gasteiger charge is -2.10. The van der Waals surface area contributed by atoms with Crippen LogP contribution in [0.1, 0.15) is 28.8 Å². The number of methoxy groups -OCH3 is 1. The first-order valence-electron chi connectivity index (χ1n) is 8.04. The van der Waals surface area contributed by atoms with E-state index >= 15 is 0 Å². The average Bonchev–Trinajstić information content (AvgIpc) is 2.81. The Bertz CT molecular complexity index is 894. The van der Waals surface area contributed by atoms with Crippen molar-refractivity contribution < 1.29 is 19.2 Å². The summed E-state index contributed by atoms with van der Waals surface area (Å²) in [4.78, 5) is 34.8. The van der Waals surface area contributed by atoms with Gasteiger partial charge in [-0.2, -0.15) is 0 Å². The molecule has 2 amide bonds. The average molecular weight is 355 g/mol. The number of hydrogen-bond acceptors (Lipinski definition) is 5. The molecule has 0 saturated carbocycles. The maximum atomic E-state index is 12.5. The van der Waals surface area contributed by atoms with E-state index in [2.05, 4.69) is 10.6 Å². The zero-order valence-corrected chi connectivity index (χ0v) is 14.1. The van der Waals surface area contributed by atoms with Gasteiger partial charge in [0.05, 0.1) is 18.1 Å². The van der Waals surface area contributed by atoms with Gasteiger partial charge in [0.1, 0.15) is 11.4 Å². The number of aryl methyl sites for hydroxylation is 1. The number of fused-ring (bicyclic) bond motifs is 1. The van der Waals surface area contributed by atoms with Crippen LogP contribution in [-0.2, 0) is 11.2 Å². The summed E-state index contributed by atoms with van der Waals surface area (Å²) < 4.78 is 4.98. The van der Waals surface area contributed by atoms with Crippen LogP contribution in [0.4, 0.5) is 17.1 Å². The van der Waals surface area contributed by atoms with Gasteiger partial charge >= 0.3 is 0 Å². The monoisotopic (exact) mass is 355 g/mol. The maximum absolute atomic E-state index is 12.5. The van der Waals surface area contributed by atoms with Crippen LogP contribution >= 0.6 is 0 Å². The molecular formula is C18H17N3O5. The highest BCUT2D eigenvalue weighted by Crippen LogP contribution is 2.30. The fourth-order valence-electron chi connectivity index (χ4n) is 2.81. The first-order valence-corrected chi connectivity index (χ1v) is 8.04. The number of ether oxygens (including phenoxy) is 1. The highest BCUT2D eigenvalue weighted by molar-refractivity contribution is 6.06. The normalized spacial score (nSPS) is 13.2. The fourth-order valence-corrected chi connectivity index (χ4v) is 2.81. The number of carbonyl (C=O) groups excluding carboxylic acids is 2. The number of nitro groups is 1. The smallest absolute Gasteiger partial charge is 0.296 e. The third-order valence-electron chi connectivity index (χ3n) is 4.14. The molecule has 26 heavy (non-hydrogen) atoms. The number of benzene rings is 2. The molecular weight excluding hydrogens is 338 g/mol. The van der Waals surface area contributed by atoms with Gasteiger partial charge in [-0.1, -0.05) is 0 Å². The lowest BCUT2D eigenvalue weighted by atomic mass is 10.0. The minimum Gasteiger partial charge on any atom is -0.496 e. The summed E-state index contributed by atoms with van der Waals surface area (Å²) in [5.41, 5.74) is 1.76. The molecule has 2 N–H and O–H groups in total. The largest absolute Gasteiger partial charge is 0.496 e. The molecule has 0 aliphatic carbocycles. The number of anilines is 2. The van der Waals surface area contributed by atoms with Gasteiger partial charge < -0.3 is 15.4 Å². The van der Waals surface area contributed by atoms with Crippen LogP contribution in [-0.4, -0.2) is 23.8 Å². The minimum atomic E-state index is -0.579. The quantitative estimate of drug-likeness (QED) is 0.646. The van der Waals surface area contributed by atoms with Crippen molar-refractivity contribution in [3.05, 3.63) is 57.6 Å². The van der Waals surface area contributed by atoms with Gasteiger partial charge in [0.25, 0.3) is 11.6 Å². The third-order valence-corrected chi connectivity index (χ3v) is 4.14. The van der Waals surface area contributed by atoms with Crippen LogP contribution in [0.3, 0.4) is 0 Å². The van der Waals surface area contributed by atoms with E-state index < -0.39 is 10.8 Å². The van der Waals surface area contributed by atoms with Crippen LogP contribution in [0.25, 0.3) is 0 Å². The molecule has 0 fully saturated rings. The topological polar surface area (TPSA) is 111 Å². The Morgan fingerprint density at radius 2 is 2.04 bits per heavy atom. The summed E-state index contributed by atoms with van der Waals surface area (Å²) in [5, 5.41) is 16.6. The molecule has 0 saturated heterocycles. The molecule has 2 aromatic carbocycles. The van der Waals surface area contributed by atoms with Gasteiger partial charge in [0.2, 0.25) is 5.91 Å². The first kappa shape index (κ1) is 17.4. The second kappa shape index (κ2) is 7.22. The van der Waals surface area contributed by atoms with E-state index in [-0.39, 0.29) is 17.3 Å². The van der Waals surface area contributed by atoms with E-state index in [4.69, 9.17) is 4.74 Å². The fraction of sp³-hybridized carbons (Fsp3) is 0.222. The highest BCUT2D eigenvalue weighted by atomic mass is 16.6. The molecule has 8 heteroatoms. The Morgan fingerprint density at radius 3 is 2.77 bits per heavy atom. The van der Waals surface area contributed by atoms with Crippen molar-refractivity contribution in [2.24, 2.45) is 0 Å². The van der Waals surface area contributed by atoms with Crippen LogP contribution in [0.15, 0.2) is 36.4 Å². The van der Waals surface area contributed by atoms with Crippen LogP contribution < -0.4 is 15.4 Å². The summed E-state index contributed by atoms with van der Waals surface area (Å²) >= 11 is 0. The molecule has 1 aliphatic heterocycles. The van der Waals surface area contributed by atoms with Crippen LogP contribution in [0.2, 0.25) is 0 Å². The molecule has 1 heterocycles. The molecule has 0 aromatic heterocycles. The number of nitrogens with one attached hydrogen (secondary N) is 2. The minimum absolute atomic E-state index is 0.0465. The van der Waals surface area contributed by atoms with E-state index in [9.17, 15) is 19.7 Å². The van der Waals surface area contributed by atoms with E-state index in [0.717, 1.165) is 5.56 Å². The number of nitro benzene ring substituents is 1. The predicted octanol–water partition coefficient (Wildman–Crippen LogP) is 3.13. The summed E-state index contributed by atoms with van der Waals surface area (Å²) in [6, 6.07) is 9.17. The predicted molar refractivity (Wildman–Crippen MR) is 95.6 cm³/mol. The number of hydrogen-bond donors (Lipinski definition) is 2. The van der Waals surface area contributed by atoms with Crippen molar-refractivity contribution in [2.45, 2.75) is 19.3 Å². The summed E-state index contributed by atoms with van der Waals surface area (Å²) in [5.74, 6) is -0.179. The highest BCUT2D eigenvalue weighted by Gasteiger charge is 2.19. The molecule has 8 nitrogen and oxygen atoms in total. The van der Waals surface area contributed by atoms with Crippen molar-refractivity contribution >= 4 is 28.9 Å². The van der Waals surface area contributed by atoms with Gasteiger partial charge in [-0.3, -0.25) is 19.7 Å². The second-order valence-electron chi connectivity index (χ2n) is 5.87. The number of amides is 2. The molecule has 0 atom stereocenters. The van der Waals surface area contributed by atoms with Gasteiger partial charge in [0.15, 0.2) is 0 Å². The molecule has 0 unspecified atom stereocenters. The van der Waals surface area contributed by atoms with Crippen molar-refractivity contribution in [3.8, 4) is 5.75 Å². The zero-order chi connectivity index (χ0) is 18.7. The SMILES string of the molecule is COc1ccc(NC(=O)c2ccc3c(c2)CCCC(=O)N3)c([N+](=O)[O-])c1. The van der Waals surface area contributed by atoms with E-state index in [0.29, 0.717) is 36.3 Å². The zero-order valence-electron chi connectivity index (χ0n) is 14.1. The third kappa shape index (κ3) is 3.64. The van der Waals surface area contributed by atoms with Gasteiger partial charge in [0, 0.05) is 17.7 Å². The molecule has 0 bridgehead atoms. The molecule has 0 radical (unpaired) electrons.